The summed E-state index contributed by atoms with van der Waals surface area (Å²) >= 11 is 24.9. The summed E-state index contributed by atoms with van der Waals surface area (Å²) in [5.41, 5.74) is 1.39. The molecule has 0 aliphatic carbocycles. The zero-order valence-corrected chi connectivity index (χ0v) is 25.0. The summed E-state index contributed by atoms with van der Waals surface area (Å²) in [5, 5.41) is 3.82. The zero-order valence-electron chi connectivity index (χ0n) is 21.2. The van der Waals surface area contributed by atoms with Crippen LogP contribution in [-0.4, -0.2) is 50.5 Å². The first-order valence-electron chi connectivity index (χ1n) is 11.9. The maximum absolute atomic E-state index is 14.0. The Balaban J connectivity index is 2.09. The summed E-state index contributed by atoms with van der Waals surface area (Å²) in [6.45, 7) is 1.40. The van der Waals surface area contributed by atoms with E-state index in [1.807, 2.05) is 30.3 Å². The largest absolute Gasteiger partial charge is 0.355 e. The van der Waals surface area contributed by atoms with E-state index in [2.05, 4.69) is 5.32 Å². The minimum atomic E-state index is -3.99. The Bertz CT molecular complexity index is 1440. The lowest BCUT2D eigenvalue weighted by molar-refractivity contribution is -0.140. The molecule has 3 aromatic carbocycles. The fraction of sp³-hybridized carbons (Fsp3) is 0.259. The molecule has 0 radical (unpaired) electrons. The topological polar surface area (TPSA) is 86.8 Å². The van der Waals surface area contributed by atoms with Gasteiger partial charge in [0, 0.05) is 34.6 Å². The van der Waals surface area contributed by atoms with Crippen molar-refractivity contribution in [1.29, 1.82) is 0 Å². The number of benzene rings is 3. The third-order valence-corrected chi connectivity index (χ3v) is 8.10. The lowest BCUT2D eigenvalue weighted by atomic mass is 10.0. The van der Waals surface area contributed by atoms with Crippen LogP contribution in [0.1, 0.15) is 18.1 Å². The number of nitrogens with one attached hydrogen (secondary N) is 1. The molecule has 39 heavy (non-hydrogen) atoms. The van der Waals surface area contributed by atoms with Gasteiger partial charge in [0.15, 0.2) is 0 Å². The number of anilines is 1. The molecular formula is C27H27Cl4N3O4S. The van der Waals surface area contributed by atoms with Crippen LogP contribution in [0.25, 0.3) is 0 Å². The minimum Gasteiger partial charge on any atom is -0.355 e. The van der Waals surface area contributed by atoms with Crippen LogP contribution in [0.5, 0.6) is 0 Å². The van der Waals surface area contributed by atoms with Gasteiger partial charge in [0.25, 0.3) is 0 Å². The fourth-order valence-corrected chi connectivity index (χ4v) is 5.71. The molecule has 1 N–H and O–H groups in total. The second-order valence-corrected chi connectivity index (χ2v) is 12.3. The highest BCUT2D eigenvalue weighted by atomic mass is 35.5. The molecule has 0 spiro atoms. The van der Waals surface area contributed by atoms with E-state index in [0.717, 1.165) is 16.1 Å². The van der Waals surface area contributed by atoms with Crippen molar-refractivity contribution in [1.82, 2.24) is 10.2 Å². The van der Waals surface area contributed by atoms with Crippen LogP contribution in [0.2, 0.25) is 20.1 Å². The number of rotatable bonds is 11. The van der Waals surface area contributed by atoms with Gasteiger partial charge >= 0.3 is 0 Å². The molecule has 0 aromatic heterocycles. The lowest BCUT2D eigenvalue weighted by Gasteiger charge is -2.33. The first-order valence-corrected chi connectivity index (χ1v) is 15.2. The summed E-state index contributed by atoms with van der Waals surface area (Å²) < 4.78 is 26.6. The Morgan fingerprint density at radius 1 is 0.897 bits per heavy atom. The van der Waals surface area contributed by atoms with E-state index in [9.17, 15) is 18.0 Å². The first-order chi connectivity index (χ1) is 18.4. The van der Waals surface area contributed by atoms with Crippen molar-refractivity contribution in [2.75, 3.05) is 23.7 Å². The van der Waals surface area contributed by atoms with Crippen molar-refractivity contribution < 1.29 is 18.0 Å². The molecule has 0 saturated heterocycles. The second-order valence-electron chi connectivity index (χ2n) is 8.72. The van der Waals surface area contributed by atoms with Crippen LogP contribution in [0.3, 0.4) is 0 Å². The SMILES string of the molecule is CCNC(=O)[C@H](Cc1ccccc1)N(Cc1ccc(Cl)cc1Cl)C(=O)CN(c1cc(Cl)ccc1Cl)S(C)(=O)=O. The van der Waals surface area contributed by atoms with Gasteiger partial charge in [0.2, 0.25) is 21.8 Å². The number of sulfonamides is 1. The Labute approximate surface area is 248 Å². The molecule has 208 valence electrons. The summed E-state index contributed by atoms with van der Waals surface area (Å²) in [6.07, 6.45) is 1.14. The fourth-order valence-electron chi connectivity index (χ4n) is 3.95. The first kappa shape index (κ1) is 31.0. The molecule has 2 amide bonds. The predicted molar refractivity (Wildman–Crippen MR) is 158 cm³/mol. The highest BCUT2D eigenvalue weighted by Gasteiger charge is 2.33. The van der Waals surface area contributed by atoms with Gasteiger partial charge in [-0.2, -0.15) is 0 Å². The second kappa shape index (κ2) is 13.7. The number of carbonyl (C=O) groups is 2. The number of hydrogen-bond donors (Lipinski definition) is 1. The van der Waals surface area contributed by atoms with Gasteiger partial charge in [-0.3, -0.25) is 13.9 Å². The molecule has 7 nitrogen and oxygen atoms in total. The van der Waals surface area contributed by atoms with E-state index in [1.54, 1.807) is 19.1 Å². The normalized spacial score (nSPS) is 12.1. The van der Waals surface area contributed by atoms with Gasteiger partial charge < -0.3 is 10.2 Å². The van der Waals surface area contributed by atoms with E-state index in [0.29, 0.717) is 22.2 Å². The predicted octanol–water partition coefficient (Wildman–Crippen LogP) is 5.84. The summed E-state index contributed by atoms with van der Waals surface area (Å²) in [4.78, 5) is 28.7. The van der Waals surface area contributed by atoms with Gasteiger partial charge in [0.1, 0.15) is 12.6 Å². The van der Waals surface area contributed by atoms with E-state index in [1.165, 1.54) is 29.2 Å². The van der Waals surface area contributed by atoms with Crippen molar-refractivity contribution >= 4 is 73.9 Å². The number of halogens is 4. The third-order valence-electron chi connectivity index (χ3n) is 5.83. The summed E-state index contributed by atoms with van der Waals surface area (Å²) in [5.74, 6) is -1.04. The van der Waals surface area contributed by atoms with Crippen LogP contribution >= 0.6 is 46.4 Å². The molecule has 0 aliphatic heterocycles. The zero-order chi connectivity index (χ0) is 28.7. The summed E-state index contributed by atoms with van der Waals surface area (Å²) in [7, 11) is -3.99. The monoisotopic (exact) mass is 629 g/mol. The van der Waals surface area contributed by atoms with Crippen molar-refractivity contribution in [2.45, 2.75) is 25.9 Å². The van der Waals surface area contributed by atoms with Crippen LogP contribution in [0.4, 0.5) is 5.69 Å². The average Bonchev–Trinajstić information content (AvgIpc) is 2.87. The third kappa shape index (κ3) is 8.50. The molecule has 1 atom stereocenters. The Morgan fingerprint density at radius 2 is 1.54 bits per heavy atom. The number of amides is 2. The lowest BCUT2D eigenvalue weighted by Crippen LogP contribution is -2.53. The van der Waals surface area contributed by atoms with Crippen molar-refractivity contribution in [2.24, 2.45) is 0 Å². The van der Waals surface area contributed by atoms with Crippen molar-refractivity contribution in [3.05, 3.63) is 97.9 Å². The van der Waals surface area contributed by atoms with Crippen molar-refractivity contribution in [3.8, 4) is 0 Å². The molecule has 12 heteroatoms. The van der Waals surface area contributed by atoms with E-state index in [4.69, 9.17) is 46.4 Å². The van der Waals surface area contributed by atoms with Crippen LogP contribution < -0.4 is 9.62 Å². The molecule has 0 heterocycles. The van der Waals surface area contributed by atoms with Crippen LogP contribution in [-0.2, 0) is 32.6 Å². The number of carbonyl (C=O) groups excluding carboxylic acids is 2. The van der Waals surface area contributed by atoms with E-state index >= 15 is 0 Å². The molecule has 3 rings (SSSR count). The average molecular weight is 631 g/mol. The highest BCUT2D eigenvalue weighted by molar-refractivity contribution is 7.92. The number of likely N-dealkylation sites (N-methyl/N-ethyl adjacent to an activating group) is 1. The van der Waals surface area contributed by atoms with Gasteiger partial charge in [0.05, 0.1) is 17.0 Å². The van der Waals surface area contributed by atoms with Crippen LogP contribution in [0, 0.1) is 0 Å². The molecular weight excluding hydrogens is 604 g/mol. The molecule has 0 fully saturated rings. The van der Waals surface area contributed by atoms with Gasteiger partial charge in [-0.25, -0.2) is 8.42 Å². The Morgan fingerprint density at radius 3 is 2.15 bits per heavy atom. The Kier molecular flexibility index (Phi) is 10.9. The summed E-state index contributed by atoms with van der Waals surface area (Å²) in [6, 6.07) is 17.4. The van der Waals surface area contributed by atoms with Gasteiger partial charge in [-0.15, -0.1) is 0 Å². The maximum atomic E-state index is 14.0. The number of hydrogen-bond acceptors (Lipinski definition) is 4. The number of nitrogens with zero attached hydrogens (tertiary/aromatic N) is 2. The van der Waals surface area contributed by atoms with Crippen molar-refractivity contribution in [3.63, 3.8) is 0 Å². The molecule has 0 saturated carbocycles. The minimum absolute atomic E-state index is 0.0436. The molecule has 0 unspecified atom stereocenters. The van der Waals surface area contributed by atoms with Gasteiger partial charge in [-0.1, -0.05) is 82.8 Å². The van der Waals surface area contributed by atoms with Gasteiger partial charge in [-0.05, 0) is 48.4 Å². The van der Waals surface area contributed by atoms with Crippen LogP contribution in [0.15, 0.2) is 66.7 Å². The highest BCUT2D eigenvalue weighted by Crippen LogP contribution is 2.31. The molecule has 0 aliphatic rings. The Hall–Kier alpha value is -2.49. The molecule has 3 aromatic rings. The smallest absolute Gasteiger partial charge is 0.244 e. The molecule has 0 bridgehead atoms. The maximum Gasteiger partial charge on any atom is 0.244 e. The van der Waals surface area contributed by atoms with E-state index in [-0.39, 0.29) is 28.7 Å². The van der Waals surface area contributed by atoms with E-state index < -0.39 is 34.4 Å². The standard InChI is InChI=1S/C27H27Cl4N3O4S/c1-3-32-27(36)25(13-18-7-5-4-6-8-18)33(16-19-9-10-20(28)14-23(19)31)26(35)17-34(39(2,37)38)24-15-21(29)11-12-22(24)30/h4-12,14-15,25H,3,13,16-17H2,1-2H3,(H,32,36)/t25-/m0/s1. The quantitative estimate of drug-likeness (QED) is 0.288.